The van der Waals surface area contributed by atoms with Crippen LogP contribution < -0.4 is 14.8 Å². The van der Waals surface area contributed by atoms with Crippen molar-refractivity contribution < 1.29 is 9.47 Å². The fourth-order valence-electron chi connectivity index (χ4n) is 3.01. The van der Waals surface area contributed by atoms with Gasteiger partial charge in [-0.3, -0.25) is 0 Å². The van der Waals surface area contributed by atoms with Crippen molar-refractivity contribution in [3.8, 4) is 11.5 Å². The highest BCUT2D eigenvalue weighted by atomic mass is 16.5. The molecule has 0 aliphatic carbocycles. The molecular formula is C18H29NO2. The van der Waals surface area contributed by atoms with Gasteiger partial charge < -0.3 is 14.8 Å². The van der Waals surface area contributed by atoms with Gasteiger partial charge in [-0.2, -0.15) is 0 Å². The second kappa shape index (κ2) is 7.69. The van der Waals surface area contributed by atoms with Crippen molar-refractivity contribution in [3.05, 3.63) is 23.8 Å². The van der Waals surface area contributed by atoms with Crippen molar-refractivity contribution >= 4 is 0 Å². The van der Waals surface area contributed by atoms with E-state index >= 15 is 0 Å². The minimum Gasteiger partial charge on any atom is -0.490 e. The van der Waals surface area contributed by atoms with Gasteiger partial charge in [0, 0.05) is 18.5 Å². The third-order valence-electron chi connectivity index (χ3n) is 4.26. The molecule has 0 saturated carbocycles. The topological polar surface area (TPSA) is 30.5 Å². The van der Waals surface area contributed by atoms with Gasteiger partial charge in [-0.1, -0.05) is 39.8 Å². The number of ether oxygens (including phenoxy) is 2. The molecule has 118 valence electrons. The summed E-state index contributed by atoms with van der Waals surface area (Å²) < 4.78 is 11.6. The Labute approximate surface area is 129 Å². The van der Waals surface area contributed by atoms with E-state index in [2.05, 4.69) is 39.1 Å². The number of hydrogen-bond acceptors (Lipinski definition) is 3. The SMILES string of the molecule is CC(C)C(CNCc1cccc2c1OCCCO2)C(C)C. The molecule has 1 heterocycles. The third kappa shape index (κ3) is 4.37. The quantitative estimate of drug-likeness (QED) is 0.863. The summed E-state index contributed by atoms with van der Waals surface area (Å²) in [6, 6.07) is 6.17. The van der Waals surface area contributed by atoms with Gasteiger partial charge in [0.25, 0.3) is 0 Å². The number of nitrogens with one attached hydrogen (secondary N) is 1. The largest absolute Gasteiger partial charge is 0.490 e. The van der Waals surface area contributed by atoms with Crippen LogP contribution >= 0.6 is 0 Å². The van der Waals surface area contributed by atoms with E-state index in [9.17, 15) is 0 Å². The molecule has 1 N–H and O–H groups in total. The Balaban J connectivity index is 1.97. The second-order valence-corrected chi connectivity index (χ2v) is 6.58. The van der Waals surface area contributed by atoms with E-state index in [1.807, 2.05) is 12.1 Å². The predicted octanol–water partition coefficient (Wildman–Crippen LogP) is 3.87. The van der Waals surface area contributed by atoms with E-state index in [4.69, 9.17) is 9.47 Å². The number of rotatable bonds is 6. The van der Waals surface area contributed by atoms with Crippen LogP contribution in [0.3, 0.4) is 0 Å². The minimum atomic E-state index is 0.699. The number of benzene rings is 1. The van der Waals surface area contributed by atoms with Crippen LogP contribution in [0.15, 0.2) is 18.2 Å². The van der Waals surface area contributed by atoms with Crippen molar-refractivity contribution in [2.45, 2.75) is 40.7 Å². The molecule has 21 heavy (non-hydrogen) atoms. The van der Waals surface area contributed by atoms with Crippen LogP contribution in [0.25, 0.3) is 0 Å². The summed E-state index contributed by atoms with van der Waals surface area (Å²) in [7, 11) is 0. The summed E-state index contributed by atoms with van der Waals surface area (Å²) in [6.45, 7) is 12.6. The third-order valence-corrected chi connectivity index (χ3v) is 4.26. The number of para-hydroxylation sites is 1. The highest BCUT2D eigenvalue weighted by Crippen LogP contribution is 2.33. The number of fused-ring (bicyclic) bond motifs is 1. The Bertz CT molecular complexity index is 435. The van der Waals surface area contributed by atoms with E-state index in [0.29, 0.717) is 17.8 Å². The highest BCUT2D eigenvalue weighted by molar-refractivity contribution is 5.47. The smallest absolute Gasteiger partial charge is 0.165 e. The zero-order valence-electron chi connectivity index (χ0n) is 13.8. The predicted molar refractivity (Wildman–Crippen MR) is 86.9 cm³/mol. The molecule has 3 nitrogen and oxygen atoms in total. The summed E-state index contributed by atoms with van der Waals surface area (Å²) in [6.07, 6.45) is 0.949. The molecule has 0 radical (unpaired) electrons. The molecule has 3 heteroatoms. The summed E-state index contributed by atoms with van der Waals surface area (Å²) in [5.41, 5.74) is 1.20. The van der Waals surface area contributed by atoms with E-state index in [1.54, 1.807) is 0 Å². The lowest BCUT2D eigenvalue weighted by Crippen LogP contribution is -2.29. The van der Waals surface area contributed by atoms with Crippen molar-refractivity contribution in [1.82, 2.24) is 5.32 Å². The van der Waals surface area contributed by atoms with E-state index < -0.39 is 0 Å². The van der Waals surface area contributed by atoms with E-state index in [-0.39, 0.29) is 0 Å². The van der Waals surface area contributed by atoms with Crippen LogP contribution in [-0.2, 0) is 6.54 Å². The molecule has 1 aromatic carbocycles. The minimum absolute atomic E-state index is 0.699. The van der Waals surface area contributed by atoms with Crippen LogP contribution in [0.4, 0.5) is 0 Å². The molecule has 1 aromatic rings. The second-order valence-electron chi connectivity index (χ2n) is 6.58. The lowest BCUT2D eigenvalue weighted by Gasteiger charge is -2.25. The van der Waals surface area contributed by atoms with Gasteiger partial charge in [-0.05, 0) is 30.4 Å². The van der Waals surface area contributed by atoms with Crippen LogP contribution in [0.5, 0.6) is 11.5 Å². The fourth-order valence-corrected chi connectivity index (χ4v) is 3.01. The molecule has 0 spiro atoms. The highest BCUT2D eigenvalue weighted by Gasteiger charge is 2.18. The van der Waals surface area contributed by atoms with E-state index in [0.717, 1.165) is 44.2 Å². The maximum absolute atomic E-state index is 5.87. The van der Waals surface area contributed by atoms with Gasteiger partial charge in [-0.25, -0.2) is 0 Å². The fraction of sp³-hybridized carbons (Fsp3) is 0.667. The van der Waals surface area contributed by atoms with Crippen molar-refractivity contribution in [3.63, 3.8) is 0 Å². The van der Waals surface area contributed by atoms with Gasteiger partial charge in [0.1, 0.15) is 0 Å². The first kappa shape index (κ1) is 16.2. The van der Waals surface area contributed by atoms with Gasteiger partial charge >= 0.3 is 0 Å². The molecule has 0 aromatic heterocycles. The van der Waals surface area contributed by atoms with Crippen molar-refractivity contribution in [2.24, 2.45) is 17.8 Å². The van der Waals surface area contributed by atoms with Crippen LogP contribution in [0, 0.1) is 17.8 Å². The Kier molecular flexibility index (Phi) is 5.92. The molecular weight excluding hydrogens is 262 g/mol. The molecule has 0 fully saturated rings. The summed E-state index contributed by atoms with van der Waals surface area (Å²) in [5.74, 6) is 3.91. The van der Waals surface area contributed by atoms with Crippen molar-refractivity contribution in [1.29, 1.82) is 0 Å². The lowest BCUT2D eigenvalue weighted by molar-refractivity contribution is 0.274. The normalized spacial score (nSPS) is 14.8. The molecule has 1 aliphatic heterocycles. The summed E-state index contributed by atoms with van der Waals surface area (Å²) in [4.78, 5) is 0. The van der Waals surface area contributed by atoms with Gasteiger partial charge in [-0.15, -0.1) is 0 Å². The molecule has 0 unspecified atom stereocenters. The van der Waals surface area contributed by atoms with Gasteiger partial charge in [0.2, 0.25) is 0 Å². The first-order chi connectivity index (χ1) is 10.1. The average Bonchev–Trinajstić information content (AvgIpc) is 2.68. The number of hydrogen-bond donors (Lipinski definition) is 1. The first-order valence-corrected chi connectivity index (χ1v) is 8.17. The molecule has 0 atom stereocenters. The Morgan fingerprint density at radius 1 is 1.05 bits per heavy atom. The maximum atomic E-state index is 5.87. The molecule has 1 aliphatic rings. The zero-order chi connectivity index (χ0) is 15.2. The summed E-state index contributed by atoms with van der Waals surface area (Å²) >= 11 is 0. The molecule has 0 bridgehead atoms. The van der Waals surface area contributed by atoms with Crippen LogP contribution in [0.2, 0.25) is 0 Å². The van der Waals surface area contributed by atoms with Crippen LogP contribution in [-0.4, -0.2) is 19.8 Å². The molecule has 0 amide bonds. The maximum Gasteiger partial charge on any atom is 0.165 e. The summed E-state index contributed by atoms with van der Waals surface area (Å²) in [5, 5.41) is 3.60. The van der Waals surface area contributed by atoms with Crippen molar-refractivity contribution in [2.75, 3.05) is 19.8 Å². The van der Waals surface area contributed by atoms with Gasteiger partial charge in [0.15, 0.2) is 11.5 Å². The Hall–Kier alpha value is -1.22. The van der Waals surface area contributed by atoms with E-state index in [1.165, 1.54) is 5.56 Å². The standard InChI is InChI=1S/C18H29NO2/c1-13(2)16(14(3)4)12-19-11-15-7-5-8-17-18(15)21-10-6-9-20-17/h5,7-8,13-14,16,19H,6,9-12H2,1-4H3. The monoisotopic (exact) mass is 291 g/mol. The Morgan fingerprint density at radius 2 is 1.76 bits per heavy atom. The zero-order valence-corrected chi connectivity index (χ0v) is 13.8. The van der Waals surface area contributed by atoms with Crippen LogP contribution in [0.1, 0.15) is 39.7 Å². The molecule has 2 rings (SSSR count). The van der Waals surface area contributed by atoms with Gasteiger partial charge in [0.05, 0.1) is 13.2 Å². The Morgan fingerprint density at radius 3 is 2.48 bits per heavy atom. The first-order valence-electron chi connectivity index (χ1n) is 8.17. The molecule has 0 saturated heterocycles. The lowest BCUT2D eigenvalue weighted by atomic mass is 9.85. The average molecular weight is 291 g/mol.